The van der Waals surface area contributed by atoms with Crippen LogP contribution in [0.2, 0.25) is 0 Å². The summed E-state index contributed by atoms with van der Waals surface area (Å²) in [7, 11) is 0. The number of hydrogen-bond acceptors (Lipinski definition) is 3. The van der Waals surface area contributed by atoms with Crippen LogP contribution in [-0.4, -0.2) is 10.9 Å². The maximum absolute atomic E-state index is 12.0. The molecule has 104 valence electrons. The highest BCUT2D eigenvalue weighted by molar-refractivity contribution is 6.06. The first-order valence-corrected chi connectivity index (χ1v) is 6.81. The van der Waals surface area contributed by atoms with Crippen LogP contribution in [0.1, 0.15) is 35.8 Å². The predicted molar refractivity (Wildman–Crippen MR) is 81.7 cm³/mol. The number of nitrogen functional groups attached to an aromatic ring is 1. The van der Waals surface area contributed by atoms with E-state index in [0.29, 0.717) is 5.69 Å². The van der Waals surface area contributed by atoms with Crippen molar-refractivity contribution in [3.8, 4) is 0 Å². The molecule has 0 fully saturated rings. The number of hydrogen-bond donors (Lipinski definition) is 2. The van der Waals surface area contributed by atoms with E-state index in [1.165, 1.54) is 18.4 Å². The maximum atomic E-state index is 12.0. The van der Waals surface area contributed by atoms with Crippen molar-refractivity contribution in [2.24, 2.45) is 0 Å². The Bertz CT molecular complexity index is 579. The highest BCUT2D eigenvalue weighted by Crippen LogP contribution is 2.14. The van der Waals surface area contributed by atoms with Gasteiger partial charge < -0.3 is 11.1 Å². The van der Waals surface area contributed by atoms with Crippen LogP contribution in [0.4, 0.5) is 11.4 Å². The fourth-order valence-corrected chi connectivity index (χ4v) is 1.93. The lowest BCUT2D eigenvalue weighted by Gasteiger charge is -2.07. The second-order valence-electron chi connectivity index (χ2n) is 4.70. The van der Waals surface area contributed by atoms with Crippen LogP contribution in [0.3, 0.4) is 0 Å². The number of nitrogens with one attached hydrogen (secondary N) is 1. The number of unbranched alkanes of at least 4 members (excludes halogenated alkanes) is 1. The van der Waals surface area contributed by atoms with E-state index in [0.717, 1.165) is 12.1 Å². The topological polar surface area (TPSA) is 68.0 Å². The molecule has 0 bridgehead atoms. The monoisotopic (exact) mass is 269 g/mol. The molecule has 4 nitrogen and oxygen atoms in total. The number of carbonyl (C=O) groups excluding carboxylic acids is 1. The molecule has 0 saturated carbocycles. The van der Waals surface area contributed by atoms with Gasteiger partial charge in [-0.3, -0.25) is 4.79 Å². The summed E-state index contributed by atoms with van der Waals surface area (Å²) < 4.78 is 0. The van der Waals surface area contributed by atoms with E-state index >= 15 is 0 Å². The van der Waals surface area contributed by atoms with E-state index in [2.05, 4.69) is 17.2 Å². The van der Waals surface area contributed by atoms with Crippen LogP contribution in [0.5, 0.6) is 0 Å². The van der Waals surface area contributed by atoms with Crippen LogP contribution in [0.15, 0.2) is 42.6 Å². The van der Waals surface area contributed by atoms with Crippen molar-refractivity contribution in [1.82, 2.24) is 4.98 Å². The molecule has 3 N–H and O–H groups in total. The number of nitrogens with two attached hydrogens (primary N) is 1. The second-order valence-corrected chi connectivity index (χ2v) is 4.70. The number of aryl methyl sites for hydroxylation is 1. The molecule has 0 saturated heterocycles. The Hall–Kier alpha value is -2.36. The summed E-state index contributed by atoms with van der Waals surface area (Å²) in [6, 6.07) is 11.2. The minimum absolute atomic E-state index is 0.252. The molecule has 0 aliphatic rings. The summed E-state index contributed by atoms with van der Waals surface area (Å²) in [6.07, 6.45) is 4.98. The molecular weight excluding hydrogens is 250 g/mol. The summed E-state index contributed by atoms with van der Waals surface area (Å²) in [5, 5.41) is 2.80. The summed E-state index contributed by atoms with van der Waals surface area (Å²) in [6.45, 7) is 2.17. The van der Waals surface area contributed by atoms with E-state index in [1.54, 1.807) is 18.3 Å². The largest absolute Gasteiger partial charge is 0.397 e. The molecule has 4 heteroatoms. The number of anilines is 2. The standard InChI is InChI=1S/C16H19N3O/c1-2-3-5-12-7-9-13(10-8-12)19-16(20)15-14(17)6-4-11-18-15/h4,6-11H,2-3,5,17H2,1H3,(H,19,20). The third kappa shape index (κ3) is 3.57. The Morgan fingerprint density at radius 3 is 2.65 bits per heavy atom. The van der Waals surface area contributed by atoms with Gasteiger partial charge in [-0.1, -0.05) is 25.5 Å². The number of amides is 1. The Balaban J connectivity index is 2.03. The van der Waals surface area contributed by atoms with E-state index in [-0.39, 0.29) is 11.6 Å². The molecule has 1 amide bonds. The first-order valence-electron chi connectivity index (χ1n) is 6.81. The lowest BCUT2D eigenvalue weighted by molar-refractivity contribution is 0.102. The van der Waals surface area contributed by atoms with Gasteiger partial charge in [-0.25, -0.2) is 4.98 Å². The summed E-state index contributed by atoms with van der Waals surface area (Å²) in [5.74, 6) is -0.288. The summed E-state index contributed by atoms with van der Waals surface area (Å²) in [4.78, 5) is 16.0. The lowest BCUT2D eigenvalue weighted by atomic mass is 10.1. The van der Waals surface area contributed by atoms with Crippen LogP contribution in [0.25, 0.3) is 0 Å². The average molecular weight is 269 g/mol. The Morgan fingerprint density at radius 2 is 2.00 bits per heavy atom. The molecule has 2 rings (SSSR count). The van der Waals surface area contributed by atoms with Gasteiger partial charge in [0.2, 0.25) is 0 Å². The fourth-order valence-electron chi connectivity index (χ4n) is 1.93. The van der Waals surface area contributed by atoms with Crippen molar-refractivity contribution < 1.29 is 4.79 Å². The van der Waals surface area contributed by atoms with Gasteiger partial charge >= 0.3 is 0 Å². The Labute approximate surface area is 119 Å². The van der Waals surface area contributed by atoms with Gasteiger partial charge in [0.05, 0.1) is 5.69 Å². The van der Waals surface area contributed by atoms with Crippen LogP contribution < -0.4 is 11.1 Å². The van der Waals surface area contributed by atoms with Crippen molar-refractivity contribution in [2.75, 3.05) is 11.1 Å². The smallest absolute Gasteiger partial charge is 0.276 e. The van der Waals surface area contributed by atoms with Crippen molar-refractivity contribution in [2.45, 2.75) is 26.2 Å². The zero-order valence-corrected chi connectivity index (χ0v) is 11.6. The third-order valence-electron chi connectivity index (χ3n) is 3.08. The minimum atomic E-state index is -0.288. The molecule has 0 aliphatic carbocycles. The van der Waals surface area contributed by atoms with Crippen molar-refractivity contribution in [3.63, 3.8) is 0 Å². The van der Waals surface area contributed by atoms with Crippen molar-refractivity contribution in [3.05, 3.63) is 53.9 Å². The van der Waals surface area contributed by atoms with Crippen LogP contribution in [0, 0.1) is 0 Å². The molecule has 0 aliphatic heterocycles. The number of pyridine rings is 1. The molecule has 1 aromatic heterocycles. The number of carbonyl (C=O) groups is 1. The van der Waals surface area contributed by atoms with Crippen molar-refractivity contribution >= 4 is 17.3 Å². The number of nitrogens with zero attached hydrogens (tertiary/aromatic N) is 1. The SMILES string of the molecule is CCCCc1ccc(NC(=O)c2ncccc2N)cc1. The van der Waals surface area contributed by atoms with Gasteiger partial charge in [-0.2, -0.15) is 0 Å². The molecule has 1 heterocycles. The quantitative estimate of drug-likeness (QED) is 0.875. The predicted octanol–water partition coefficient (Wildman–Crippen LogP) is 3.26. The molecule has 20 heavy (non-hydrogen) atoms. The molecule has 2 aromatic rings. The zero-order valence-electron chi connectivity index (χ0n) is 11.6. The minimum Gasteiger partial charge on any atom is -0.397 e. The average Bonchev–Trinajstić information content (AvgIpc) is 2.47. The lowest BCUT2D eigenvalue weighted by Crippen LogP contribution is -2.15. The van der Waals surface area contributed by atoms with Crippen molar-refractivity contribution in [1.29, 1.82) is 0 Å². The van der Waals surface area contributed by atoms with Crippen LogP contribution >= 0.6 is 0 Å². The summed E-state index contributed by atoms with van der Waals surface area (Å²) in [5.41, 5.74) is 8.39. The number of aromatic nitrogens is 1. The molecule has 0 unspecified atom stereocenters. The molecule has 0 radical (unpaired) electrons. The van der Waals surface area contributed by atoms with E-state index < -0.39 is 0 Å². The zero-order chi connectivity index (χ0) is 14.4. The third-order valence-corrected chi connectivity index (χ3v) is 3.08. The van der Waals surface area contributed by atoms with Gasteiger partial charge in [0, 0.05) is 11.9 Å². The van der Waals surface area contributed by atoms with E-state index in [1.807, 2.05) is 24.3 Å². The summed E-state index contributed by atoms with van der Waals surface area (Å²) >= 11 is 0. The molecule has 1 aromatic carbocycles. The number of rotatable bonds is 5. The first kappa shape index (κ1) is 14.1. The first-order chi connectivity index (χ1) is 9.70. The van der Waals surface area contributed by atoms with Gasteiger partial charge in [0.15, 0.2) is 5.69 Å². The highest BCUT2D eigenvalue weighted by Gasteiger charge is 2.10. The van der Waals surface area contributed by atoms with Crippen LogP contribution in [-0.2, 0) is 6.42 Å². The molecule has 0 atom stereocenters. The van der Waals surface area contributed by atoms with Gasteiger partial charge in [-0.15, -0.1) is 0 Å². The highest BCUT2D eigenvalue weighted by atomic mass is 16.1. The molecular formula is C16H19N3O. The van der Waals surface area contributed by atoms with Gasteiger partial charge in [0.25, 0.3) is 5.91 Å². The fraction of sp³-hybridized carbons (Fsp3) is 0.250. The number of benzene rings is 1. The Kier molecular flexibility index (Phi) is 4.71. The maximum Gasteiger partial charge on any atom is 0.276 e. The Morgan fingerprint density at radius 1 is 1.25 bits per heavy atom. The second kappa shape index (κ2) is 6.70. The van der Waals surface area contributed by atoms with E-state index in [4.69, 9.17) is 5.73 Å². The normalized spacial score (nSPS) is 10.2. The van der Waals surface area contributed by atoms with Gasteiger partial charge in [0.1, 0.15) is 0 Å². The van der Waals surface area contributed by atoms with Gasteiger partial charge in [-0.05, 0) is 42.7 Å². The van der Waals surface area contributed by atoms with E-state index in [9.17, 15) is 4.79 Å². The molecule has 0 spiro atoms.